The van der Waals surface area contributed by atoms with Crippen molar-refractivity contribution in [2.45, 2.75) is 37.6 Å². The van der Waals surface area contributed by atoms with Gasteiger partial charge in [-0.1, -0.05) is 17.7 Å². The highest BCUT2D eigenvalue weighted by atomic mass is 32.2. The van der Waals surface area contributed by atoms with Crippen molar-refractivity contribution in [3.63, 3.8) is 0 Å². The third-order valence-corrected chi connectivity index (χ3v) is 6.74. The third kappa shape index (κ3) is 4.54. The third-order valence-electron chi connectivity index (χ3n) is 5.06. The van der Waals surface area contributed by atoms with Crippen LogP contribution in [-0.4, -0.2) is 45.5 Å². The Hall–Kier alpha value is -2.38. The van der Waals surface area contributed by atoms with Gasteiger partial charge in [-0.05, 0) is 62.6 Å². The van der Waals surface area contributed by atoms with Gasteiger partial charge in [0.2, 0.25) is 10.0 Å². The van der Waals surface area contributed by atoms with Crippen molar-refractivity contribution >= 4 is 15.9 Å². The molecule has 0 unspecified atom stereocenters. The quantitative estimate of drug-likeness (QED) is 0.834. The molecule has 28 heavy (non-hydrogen) atoms. The SMILES string of the molecule is COc1ccc(C(=O)N2CCC(NS(=O)(=O)c3ccc(C)cc3C)CC2)cc1. The summed E-state index contributed by atoms with van der Waals surface area (Å²) in [6.45, 7) is 4.78. The van der Waals surface area contributed by atoms with E-state index in [0.29, 0.717) is 42.1 Å². The summed E-state index contributed by atoms with van der Waals surface area (Å²) >= 11 is 0. The number of hydrogen-bond acceptors (Lipinski definition) is 4. The zero-order valence-electron chi connectivity index (χ0n) is 16.4. The van der Waals surface area contributed by atoms with Crippen LogP contribution in [0.25, 0.3) is 0 Å². The molecule has 0 bridgehead atoms. The summed E-state index contributed by atoms with van der Waals surface area (Å²) in [5, 5.41) is 0. The second kappa shape index (κ2) is 8.32. The first-order valence-electron chi connectivity index (χ1n) is 9.33. The van der Waals surface area contributed by atoms with Gasteiger partial charge in [-0.15, -0.1) is 0 Å². The number of rotatable bonds is 5. The molecule has 3 rings (SSSR count). The Morgan fingerprint density at radius 1 is 1.07 bits per heavy atom. The van der Waals surface area contributed by atoms with Gasteiger partial charge in [0.15, 0.2) is 0 Å². The zero-order chi connectivity index (χ0) is 20.3. The lowest BCUT2D eigenvalue weighted by Crippen LogP contribution is -2.46. The standard InChI is InChI=1S/C21H26N2O4S/c1-15-4-9-20(16(2)14-15)28(25,26)22-18-10-12-23(13-11-18)21(24)17-5-7-19(27-3)8-6-17/h4-9,14,18,22H,10-13H2,1-3H3. The highest BCUT2D eigenvalue weighted by Gasteiger charge is 2.27. The fraction of sp³-hybridized carbons (Fsp3) is 0.381. The van der Waals surface area contributed by atoms with E-state index in [1.54, 1.807) is 55.3 Å². The second-order valence-corrected chi connectivity index (χ2v) is 8.87. The maximum Gasteiger partial charge on any atom is 0.253 e. The molecular weight excluding hydrogens is 376 g/mol. The average Bonchev–Trinajstić information content (AvgIpc) is 2.67. The van der Waals surface area contributed by atoms with Crippen LogP contribution in [0.5, 0.6) is 5.75 Å². The number of aryl methyl sites for hydroxylation is 2. The lowest BCUT2D eigenvalue weighted by molar-refractivity contribution is 0.0711. The smallest absolute Gasteiger partial charge is 0.253 e. The molecule has 6 nitrogen and oxygen atoms in total. The lowest BCUT2D eigenvalue weighted by atomic mass is 10.0. The fourth-order valence-electron chi connectivity index (χ4n) is 3.50. The Kier molecular flexibility index (Phi) is 6.05. The number of methoxy groups -OCH3 is 1. The van der Waals surface area contributed by atoms with E-state index in [-0.39, 0.29) is 11.9 Å². The molecule has 2 aromatic rings. The minimum Gasteiger partial charge on any atom is -0.497 e. The van der Waals surface area contributed by atoms with Gasteiger partial charge in [0, 0.05) is 24.7 Å². The van der Waals surface area contributed by atoms with E-state index < -0.39 is 10.0 Å². The number of likely N-dealkylation sites (tertiary alicyclic amines) is 1. The van der Waals surface area contributed by atoms with Gasteiger partial charge < -0.3 is 9.64 Å². The van der Waals surface area contributed by atoms with E-state index in [4.69, 9.17) is 4.74 Å². The van der Waals surface area contributed by atoms with Crippen LogP contribution in [0.3, 0.4) is 0 Å². The summed E-state index contributed by atoms with van der Waals surface area (Å²) in [4.78, 5) is 14.7. The summed E-state index contributed by atoms with van der Waals surface area (Å²) in [5.41, 5.74) is 2.37. The minimum atomic E-state index is -3.57. The molecule has 1 aliphatic heterocycles. The van der Waals surface area contributed by atoms with Gasteiger partial charge in [0.25, 0.3) is 5.91 Å². The normalized spacial score (nSPS) is 15.5. The van der Waals surface area contributed by atoms with E-state index in [1.807, 2.05) is 13.0 Å². The summed E-state index contributed by atoms with van der Waals surface area (Å²) in [5.74, 6) is 0.661. The van der Waals surface area contributed by atoms with Crippen molar-refractivity contribution in [1.29, 1.82) is 0 Å². The van der Waals surface area contributed by atoms with Crippen molar-refractivity contribution < 1.29 is 17.9 Å². The first-order chi connectivity index (χ1) is 13.3. The van der Waals surface area contributed by atoms with Gasteiger partial charge in [0.1, 0.15) is 5.75 Å². The van der Waals surface area contributed by atoms with Gasteiger partial charge >= 0.3 is 0 Å². The molecule has 0 spiro atoms. The van der Waals surface area contributed by atoms with Crippen LogP contribution in [0.15, 0.2) is 47.4 Å². The van der Waals surface area contributed by atoms with Crippen LogP contribution in [0.2, 0.25) is 0 Å². The van der Waals surface area contributed by atoms with E-state index in [0.717, 1.165) is 11.1 Å². The van der Waals surface area contributed by atoms with E-state index in [9.17, 15) is 13.2 Å². The van der Waals surface area contributed by atoms with Crippen molar-refractivity contribution in [2.24, 2.45) is 0 Å². The molecule has 150 valence electrons. The van der Waals surface area contributed by atoms with Crippen molar-refractivity contribution in [2.75, 3.05) is 20.2 Å². The maximum absolute atomic E-state index is 12.7. The van der Waals surface area contributed by atoms with Crippen LogP contribution < -0.4 is 9.46 Å². The average molecular weight is 403 g/mol. The first kappa shape index (κ1) is 20.4. The maximum atomic E-state index is 12.7. The largest absolute Gasteiger partial charge is 0.497 e. The van der Waals surface area contributed by atoms with Crippen LogP contribution in [0, 0.1) is 13.8 Å². The molecule has 1 heterocycles. The van der Waals surface area contributed by atoms with E-state index >= 15 is 0 Å². The summed E-state index contributed by atoms with van der Waals surface area (Å²) in [6.07, 6.45) is 1.18. The molecule has 0 aliphatic carbocycles. The Bertz CT molecular complexity index is 947. The molecule has 1 amide bonds. The van der Waals surface area contributed by atoms with Gasteiger partial charge in [-0.2, -0.15) is 0 Å². The molecular formula is C21H26N2O4S. The van der Waals surface area contributed by atoms with E-state index in [1.165, 1.54) is 0 Å². The molecule has 1 saturated heterocycles. The van der Waals surface area contributed by atoms with Crippen LogP contribution in [0.1, 0.15) is 34.3 Å². The summed E-state index contributed by atoms with van der Waals surface area (Å²) in [7, 11) is -1.99. The number of ether oxygens (including phenoxy) is 1. The molecule has 2 aromatic carbocycles. The number of sulfonamides is 1. The zero-order valence-corrected chi connectivity index (χ0v) is 17.3. The topological polar surface area (TPSA) is 75.7 Å². The minimum absolute atomic E-state index is 0.0432. The number of amides is 1. The van der Waals surface area contributed by atoms with Crippen LogP contribution >= 0.6 is 0 Å². The fourth-order valence-corrected chi connectivity index (χ4v) is 5.03. The predicted octanol–water partition coefficient (Wildman–Crippen LogP) is 2.90. The number of carbonyl (C=O) groups excluding carboxylic acids is 1. The summed E-state index contributed by atoms with van der Waals surface area (Å²) < 4.78 is 33.4. The number of carbonyl (C=O) groups is 1. The van der Waals surface area contributed by atoms with Crippen LogP contribution in [0.4, 0.5) is 0 Å². The molecule has 0 atom stereocenters. The first-order valence-corrected chi connectivity index (χ1v) is 10.8. The molecule has 7 heteroatoms. The Labute approximate surface area is 166 Å². The van der Waals surface area contributed by atoms with Crippen molar-refractivity contribution in [1.82, 2.24) is 9.62 Å². The van der Waals surface area contributed by atoms with E-state index in [2.05, 4.69) is 4.72 Å². The molecule has 0 aromatic heterocycles. The Morgan fingerprint density at radius 3 is 2.29 bits per heavy atom. The van der Waals surface area contributed by atoms with Gasteiger partial charge in [-0.25, -0.2) is 13.1 Å². The highest BCUT2D eigenvalue weighted by molar-refractivity contribution is 7.89. The molecule has 1 N–H and O–H groups in total. The predicted molar refractivity (Wildman–Crippen MR) is 108 cm³/mol. The van der Waals surface area contributed by atoms with Gasteiger partial charge in [0.05, 0.1) is 12.0 Å². The number of hydrogen-bond donors (Lipinski definition) is 1. The molecule has 0 radical (unpaired) electrons. The number of benzene rings is 2. The number of nitrogens with zero attached hydrogens (tertiary/aromatic N) is 1. The highest BCUT2D eigenvalue weighted by Crippen LogP contribution is 2.20. The molecule has 0 saturated carbocycles. The number of piperidine rings is 1. The second-order valence-electron chi connectivity index (χ2n) is 7.19. The summed E-state index contributed by atoms with van der Waals surface area (Å²) in [6, 6.07) is 12.2. The number of nitrogens with one attached hydrogen (secondary N) is 1. The monoisotopic (exact) mass is 402 g/mol. The van der Waals surface area contributed by atoms with Gasteiger partial charge in [-0.3, -0.25) is 4.79 Å². The molecule has 1 fully saturated rings. The Morgan fingerprint density at radius 2 is 1.71 bits per heavy atom. The lowest BCUT2D eigenvalue weighted by Gasteiger charge is -2.32. The Balaban J connectivity index is 1.61. The van der Waals surface area contributed by atoms with Crippen molar-refractivity contribution in [3.8, 4) is 5.75 Å². The van der Waals surface area contributed by atoms with Crippen LogP contribution in [-0.2, 0) is 10.0 Å². The molecule has 1 aliphatic rings. The van der Waals surface area contributed by atoms with Crippen molar-refractivity contribution in [3.05, 3.63) is 59.2 Å².